The quantitative estimate of drug-likeness (QED) is 0.856. The van der Waals surface area contributed by atoms with Crippen molar-refractivity contribution in [1.82, 2.24) is 9.80 Å². The van der Waals surface area contributed by atoms with Crippen LogP contribution in [0.4, 0.5) is 4.39 Å². The lowest BCUT2D eigenvalue weighted by molar-refractivity contribution is -0.132. The molecule has 0 aromatic heterocycles. The van der Waals surface area contributed by atoms with Gasteiger partial charge in [-0.2, -0.15) is 0 Å². The molecule has 1 saturated heterocycles. The monoisotopic (exact) mass is 392 g/mol. The molecule has 6 heteroatoms. The number of benzene rings is 1. The second-order valence-corrected chi connectivity index (χ2v) is 9.28. The molecule has 0 radical (unpaired) electrons. The van der Waals surface area contributed by atoms with Crippen LogP contribution in [-0.4, -0.2) is 65.2 Å². The summed E-state index contributed by atoms with van der Waals surface area (Å²) in [6.45, 7) is 8.23. The molecule has 0 unspecified atom stereocenters. The molecule has 5 nitrogen and oxygen atoms in total. The molecule has 2 fully saturated rings. The van der Waals surface area contributed by atoms with Crippen molar-refractivity contribution in [3.63, 3.8) is 0 Å². The van der Waals surface area contributed by atoms with Gasteiger partial charge < -0.3 is 14.7 Å². The fourth-order valence-corrected chi connectivity index (χ4v) is 4.39. The number of ether oxygens (including phenoxy) is 1. The topological polar surface area (TPSA) is 53.0 Å². The molecular weight excluding hydrogens is 359 g/mol. The Hall–Kier alpha value is -1.66. The second kappa shape index (κ2) is 8.37. The minimum absolute atomic E-state index is 0.0228. The number of carbonyl (C=O) groups excluding carboxylic acids is 1. The van der Waals surface area contributed by atoms with E-state index in [0.717, 1.165) is 19.4 Å². The Morgan fingerprint density at radius 1 is 1.25 bits per heavy atom. The molecule has 1 aromatic carbocycles. The summed E-state index contributed by atoms with van der Waals surface area (Å²) in [5.41, 5.74) is -0.813. The van der Waals surface area contributed by atoms with E-state index in [1.54, 1.807) is 17.0 Å². The molecule has 1 aliphatic carbocycles. The summed E-state index contributed by atoms with van der Waals surface area (Å²) in [5.74, 6) is -0.0315. The lowest BCUT2D eigenvalue weighted by Crippen LogP contribution is -2.53. The zero-order chi connectivity index (χ0) is 20.4. The van der Waals surface area contributed by atoms with Gasteiger partial charge in [0.05, 0.1) is 6.54 Å². The van der Waals surface area contributed by atoms with Crippen LogP contribution >= 0.6 is 0 Å². The van der Waals surface area contributed by atoms with Gasteiger partial charge >= 0.3 is 0 Å². The molecule has 1 heterocycles. The summed E-state index contributed by atoms with van der Waals surface area (Å²) in [4.78, 5) is 16.1. The number of carbonyl (C=O) groups is 1. The van der Waals surface area contributed by atoms with Crippen molar-refractivity contribution in [3.8, 4) is 5.75 Å². The van der Waals surface area contributed by atoms with E-state index in [9.17, 15) is 14.3 Å². The highest BCUT2D eigenvalue weighted by Gasteiger charge is 2.40. The van der Waals surface area contributed by atoms with Gasteiger partial charge in [0.2, 0.25) is 5.91 Å². The van der Waals surface area contributed by atoms with Gasteiger partial charge in [0.1, 0.15) is 23.8 Å². The number of aliphatic hydroxyl groups is 1. The molecule has 28 heavy (non-hydrogen) atoms. The zero-order valence-corrected chi connectivity index (χ0v) is 17.3. The van der Waals surface area contributed by atoms with Crippen molar-refractivity contribution in [2.75, 3.05) is 32.8 Å². The number of amides is 1. The van der Waals surface area contributed by atoms with E-state index in [-0.39, 0.29) is 24.9 Å². The largest absolute Gasteiger partial charge is 0.490 e. The highest BCUT2D eigenvalue weighted by molar-refractivity contribution is 5.73. The maximum absolute atomic E-state index is 13.4. The molecule has 2 aliphatic rings. The number of β-amino-alcohol motifs (C(OH)–C–C–N with tert-alkyl or cyclic N) is 1. The lowest BCUT2D eigenvalue weighted by atomic mass is 9.75. The zero-order valence-electron chi connectivity index (χ0n) is 17.3. The average Bonchev–Trinajstić information content (AvgIpc) is 2.80. The SMILES string of the molecule is CC(=O)N1CCN(C2CCC(C)(C)CC2)C[C@](O)(COc2cccc(F)c2)C1. The Morgan fingerprint density at radius 3 is 2.61 bits per heavy atom. The molecular formula is C22H33FN2O3. The van der Waals surface area contributed by atoms with Crippen LogP contribution in [0.1, 0.15) is 46.5 Å². The van der Waals surface area contributed by atoms with Gasteiger partial charge in [-0.05, 0) is 43.2 Å². The summed E-state index contributed by atoms with van der Waals surface area (Å²) in [7, 11) is 0. The minimum atomic E-state index is -1.19. The van der Waals surface area contributed by atoms with Crippen molar-refractivity contribution in [1.29, 1.82) is 0 Å². The number of hydrogen-bond acceptors (Lipinski definition) is 4. The van der Waals surface area contributed by atoms with Crippen LogP contribution in [0.2, 0.25) is 0 Å². The summed E-state index contributed by atoms with van der Waals surface area (Å²) in [6, 6.07) is 6.34. The summed E-state index contributed by atoms with van der Waals surface area (Å²) in [5, 5.41) is 11.4. The highest BCUT2D eigenvalue weighted by atomic mass is 19.1. The third-order valence-electron chi connectivity index (χ3n) is 6.21. The molecule has 3 rings (SSSR count). The molecule has 156 valence electrons. The van der Waals surface area contributed by atoms with Crippen molar-refractivity contribution in [2.45, 2.75) is 58.1 Å². The molecule has 1 aliphatic heterocycles. The summed E-state index contributed by atoms with van der Waals surface area (Å²) < 4.78 is 19.2. The van der Waals surface area contributed by atoms with Gasteiger partial charge in [0, 0.05) is 38.7 Å². The van der Waals surface area contributed by atoms with Crippen molar-refractivity contribution < 1.29 is 19.0 Å². The Balaban J connectivity index is 1.71. The number of nitrogens with zero attached hydrogens (tertiary/aromatic N) is 2. The van der Waals surface area contributed by atoms with Crippen LogP contribution in [0, 0.1) is 11.2 Å². The van der Waals surface area contributed by atoms with Crippen LogP contribution in [0.25, 0.3) is 0 Å². The van der Waals surface area contributed by atoms with E-state index < -0.39 is 5.60 Å². The third-order valence-corrected chi connectivity index (χ3v) is 6.21. The Morgan fingerprint density at radius 2 is 1.96 bits per heavy atom. The maximum Gasteiger partial charge on any atom is 0.219 e. The van der Waals surface area contributed by atoms with E-state index in [4.69, 9.17) is 4.74 Å². The van der Waals surface area contributed by atoms with Crippen molar-refractivity contribution >= 4 is 5.91 Å². The van der Waals surface area contributed by atoms with Gasteiger partial charge in [-0.15, -0.1) is 0 Å². The number of halogens is 1. The fraction of sp³-hybridized carbons (Fsp3) is 0.682. The van der Waals surface area contributed by atoms with Gasteiger partial charge in [-0.1, -0.05) is 19.9 Å². The smallest absolute Gasteiger partial charge is 0.219 e. The second-order valence-electron chi connectivity index (χ2n) is 9.28. The van der Waals surface area contributed by atoms with E-state index in [1.165, 1.54) is 31.9 Å². The first-order valence-electron chi connectivity index (χ1n) is 10.3. The third kappa shape index (κ3) is 5.45. The number of hydrogen-bond donors (Lipinski definition) is 1. The summed E-state index contributed by atoms with van der Waals surface area (Å²) >= 11 is 0. The average molecular weight is 393 g/mol. The molecule has 1 atom stereocenters. The first kappa shape index (κ1) is 21.1. The minimum Gasteiger partial charge on any atom is -0.490 e. The van der Waals surface area contributed by atoms with Crippen molar-refractivity contribution in [2.24, 2.45) is 5.41 Å². The Labute approximate surface area is 167 Å². The van der Waals surface area contributed by atoms with E-state index in [1.807, 2.05) is 0 Å². The van der Waals surface area contributed by atoms with Crippen LogP contribution in [0.15, 0.2) is 24.3 Å². The lowest BCUT2D eigenvalue weighted by Gasteiger charge is -2.41. The van der Waals surface area contributed by atoms with Crippen LogP contribution < -0.4 is 4.74 Å². The van der Waals surface area contributed by atoms with Gasteiger partial charge in [-0.3, -0.25) is 9.69 Å². The molecule has 1 aromatic rings. The normalized spacial score (nSPS) is 26.7. The molecule has 0 bridgehead atoms. The van der Waals surface area contributed by atoms with Gasteiger partial charge in [0.25, 0.3) is 0 Å². The highest BCUT2D eigenvalue weighted by Crippen LogP contribution is 2.37. The van der Waals surface area contributed by atoms with Crippen molar-refractivity contribution in [3.05, 3.63) is 30.1 Å². The standard InChI is InChI=1S/C22H33FN2O3/c1-17(26)24-11-12-25(19-7-9-21(2,3)10-8-19)15-22(27,14-24)16-28-20-6-4-5-18(23)13-20/h4-6,13,19,27H,7-12,14-16H2,1-3H3/t22-/m0/s1. The van der Waals surface area contributed by atoms with Crippen LogP contribution in [-0.2, 0) is 4.79 Å². The predicted molar refractivity (Wildman–Crippen MR) is 107 cm³/mol. The molecule has 1 saturated carbocycles. The van der Waals surface area contributed by atoms with E-state index in [2.05, 4.69) is 18.7 Å². The van der Waals surface area contributed by atoms with Gasteiger partial charge in [-0.25, -0.2) is 4.39 Å². The first-order chi connectivity index (χ1) is 13.2. The maximum atomic E-state index is 13.4. The van der Waals surface area contributed by atoms with Gasteiger partial charge in [0.15, 0.2) is 0 Å². The van der Waals surface area contributed by atoms with E-state index >= 15 is 0 Å². The van der Waals surface area contributed by atoms with Crippen LogP contribution in [0.3, 0.4) is 0 Å². The number of rotatable bonds is 4. The van der Waals surface area contributed by atoms with Crippen LogP contribution in [0.5, 0.6) is 5.75 Å². The molecule has 0 spiro atoms. The fourth-order valence-electron chi connectivity index (χ4n) is 4.39. The molecule has 1 N–H and O–H groups in total. The Bertz CT molecular complexity index is 686. The summed E-state index contributed by atoms with van der Waals surface area (Å²) in [6.07, 6.45) is 4.55. The molecule has 1 amide bonds. The van der Waals surface area contributed by atoms with E-state index in [0.29, 0.717) is 30.3 Å². The Kier molecular flexibility index (Phi) is 6.30. The predicted octanol–water partition coefficient (Wildman–Crippen LogP) is 3.07. The first-order valence-corrected chi connectivity index (χ1v) is 10.3.